The third-order valence-corrected chi connectivity index (χ3v) is 11.4. The predicted molar refractivity (Wildman–Crippen MR) is 137 cm³/mol. The van der Waals surface area contributed by atoms with Crippen LogP contribution in [0, 0.1) is 0 Å². The largest absolute Gasteiger partial charge is 0.542 e. The van der Waals surface area contributed by atoms with E-state index in [1.807, 2.05) is 39.8 Å². The number of anilines is 1. The molecule has 1 aliphatic heterocycles. The molecule has 1 fully saturated rings. The molecule has 0 aromatic heterocycles. The highest BCUT2D eigenvalue weighted by atomic mass is 79.9. The second-order valence-electron chi connectivity index (χ2n) is 11.4. The zero-order valence-electron chi connectivity index (χ0n) is 20.7. The van der Waals surface area contributed by atoms with E-state index >= 15 is 0 Å². The number of carbonyl (C=O) groups is 1. The lowest BCUT2D eigenvalue weighted by atomic mass is 9.98. The maximum Gasteiger partial charge on any atom is 0.410 e. The highest BCUT2D eigenvalue weighted by Crippen LogP contribution is 2.44. The van der Waals surface area contributed by atoms with Gasteiger partial charge in [0.1, 0.15) is 11.4 Å². The van der Waals surface area contributed by atoms with Gasteiger partial charge in [0.15, 0.2) is 0 Å². The van der Waals surface area contributed by atoms with Crippen LogP contribution < -0.4 is 9.74 Å². The van der Waals surface area contributed by atoms with E-state index in [0.717, 1.165) is 10.2 Å². The van der Waals surface area contributed by atoms with Gasteiger partial charge in [-0.25, -0.2) is 4.79 Å². The normalized spacial score (nSPS) is 22.1. The molecule has 1 amide bonds. The summed E-state index contributed by atoms with van der Waals surface area (Å²) in [5.74, 6) is 0.692. The van der Waals surface area contributed by atoms with E-state index in [1.54, 1.807) is 4.90 Å². The molecule has 0 bridgehead atoms. The Morgan fingerprint density at radius 2 is 1.91 bits per heavy atom. The van der Waals surface area contributed by atoms with E-state index in [-0.39, 0.29) is 17.7 Å². The molecule has 2 N–H and O–H groups in total. The van der Waals surface area contributed by atoms with Gasteiger partial charge < -0.3 is 19.6 Å². The third-order valence-electron chi connectivity index (χ3n) is 6.23. The first-order chi connectivity index (χ1) is 14.4. The van der Waals surface area contributed by atoms with Crippen molar-refractivity contribution in [1.82, 2.24) is 4.90 Å². The zero-order valence-corrected chi connectivity index (χ0v) is 24.1. The van der Waals surface area contributed by atoms with Gasteiger partial charge in [0.2, 0.25) is 0 Å². The Hall–Kier alpha value is -0.963. The molecule has 2 atom stereocenters. The van der Waals surface area contributed by atoms with Crippen LogP contribution in [0.1, 0.15) is 54.9 Å². The Kier molecular flexibility index (Phi) is 7.97. The van der Waals surface area contributed by atoms with Crippen LogP contribution in [0.3, 0.4) is 0 Å². The highest BCUT2D eigenvalue weighted by molar-refractivity contribution is 9.10. The fourth-order valence-electron chi connectivity index (χ4n) is 3.41. The molecule has 182 valence electrons. The van der Waals surface area contributed by atoms with Crippen LogP contribution in [-0.4, -0.2) is 54.8 Å². The molecule has 2 rings (SSSR count). The monoisotopic (exact) mass is 548 g/mol. The highest BCUT2D eigenvalue weighted by Gasteiger charge is 2.46. The standard InChI is InChI=1S/C23H38BrClN2O4Si/c1-21(2,3)30-20(29)27-13-16(12-23(27,7)14-28)26-19-17(24)10-15(25)11-18(19)31-32(8,9)22(4,5)6/h10-11,16,26,28H,12-14H2,1-9H3/t16-,23-/m0/s1. The van der Waals surface area contributed by atoms with Crippen molar-refractivity contribution in [2.45, 2.75) is 90.2 Å². The Labute approximate surface area is 207 Å². The van der Waals surface area contributed by atoms with Gasteiger partial charge in [0.25, 0.3) is 8.32 Å². The molecule has 1 aliphatic rings. The van der Waals surface area contributed by atoms with Crippen LogP contribution >= 0.6 is 27.5 Å². The number of ether oxygens (including phenoxy) is 1. The van der Waals surface area contributed by atoms with Gasteiger partial charge in [-0.3, -0.25) is 4.90 Å². The summed E-state index contributed by atoms with van der Waals surface area (Å²) in [6, 6.07) is 3.56. The van der Waals surface area contributed by atoms with Crippen molar-refractivity contribution in [3.05, 3.63) is 21.6 Å². The predicted octanol–water partition coefficient (Wildman–Crippen LogP) is 6.66. The maximum atomic E-state index is 12.8. The van der Waals surface area contributed by atoms with Gasteiger partial charge in [-0.1, -0.05) is 32.4 Å². The van der Waals surface area contributed by atoms with Crippen molar-refractivity contribution in [2.75, 3.05) is 18.5 Å². The number of carbonyl (C=O) groups excluding carboxylic acids is 1. The Morgan fingerprint density at radius 1 is 1.31 bits per heavy atom. The molecule has 0 radical (unpaired) electrons. The van der Waals surface area contributed by atoms with Gasteiger partial charge in [-0.05, 0) is 80.3 Å². The van der Waals surface area contributed by atoms with Crippen LogP contribution in [-0.2, 0) is 4.74 Å². The molecule has 0 saturated carbocycles. The lowest BCUT2D eigenvalue weighted by Gasteiger charge is -2.37. The summed E-state index contributed by atoms with van der Waals surface area (Å²) in [6.07, 6.45) is 0.142. The smallest absolute Gasteiger partial charge is 0.410 e. The second kappa shape index (κ2) is 9.35. The average molecular weight is 550 g/mol. The Bertz CT molecular complexity index is 854. The number of hydrogen-bond acceptors (Lipinski definition) is 5. The van der Waals surface area contributed by atoms with Crippen LogP contribution in [0.4, 0.5) is 10.5 Å². The summed E-state index contributed by atoms with van der Waals surface area (Å²) in [6.45, 7) is 18.6. The van der Waals surface area contributed by atoms with Crippen molar-refractivity contribution >= 4 is 47.6 Å². The van der Waals surface area contributed by atoms with Gasteiger partial charge in [-0.2, -0.15) is 0 Å². The maximum absolute atomic E-state index is 12.8. The first kappa shape index (κ1) is 27.3. The summed E-state index contributed by atoms with van der Waals surface area (Å²) in [5.41, 5.74) is -0.530. The Morgan fingerprint density at radius 3 is 2.41 bits per heavy atom. The number of nitrogens with zero attached hydrogens (tertiary/aromatic N) is 1. The van der Waals surface area contributed by atoms with E-state index in [1.165, 1.54) is 0 Å². The van der Waals surface area contributed by atoms with E-state index < -0.39 is 25.6 Å². The van der Waals surface area contributed by atoms with Gasteiger partial charge in [0.05, 0.1) is 17.8 Å². The number of likely N-dealkylation sites (tertiary alicyclic amines) is 1. The lowest BCUT2D eigenvalue weighted by Crippen LogP contribution is -2.49. The first-order valence-corrected chi connectivity index (χ1v) is 15.0. The lowest BCUT2D eigenvalue weighted by molar-refractivity contribution is -0.0000728. The van der Waals surface area contributed by atoms with E-state index in [0.29, 0.717) is 23.7 Å². The minimum absolute atomic E-state index is 0.0232. The molecule has 9 heteroatoms. The third kappa shape index (κ3) is 6.33. The summed E-state index contributed by atoms with van der Waals surface area (Å²) in [5, 5.41) is 14.2. The number of hydrogen-bond donors (Lipinski definition) is 2. The van der Waals surface area contributed by atoms with Gasteiger partial charge in [0, 0.05) is 22.1 Å². The Balaban J connectivity index is 2.34. The van der Waals surface area contributed by atoms with Crippen molar-refractivity contribution in [3.63, 3.8) is 0 Å². The van der Waals surface area contributed by atoms with Crippen molar-refractivity contribution in [3.8, 4) is 5.75 Å². The SMILES string of the molecule is CC(C)(C)OC(=O)N1C[C@@H](Nc2c(Br)cc(Cl)cc2O[Si](C)(C)C(C)(C)C)C[C@@]1(C)CO. The topological polar surface area (TPSA) is 71.0 Å². The second-order valence-corrected chi connectivity index (χ2v) is 17.4. The summed E-state index contributed by atoms with van der Waals surface area (Å²) >= 11 is 9.98. The first-order valence-electron chi connectivity index (χ1n) is 10.9. The summed E-state index contributed by atoms with van der Waals surface area (Å²) in [7, 11) is -2.12. The van der Waals surface area contributed by atoms with Crippen LogP contribution in [0.5, 0.6) is 5.75 Å². The molecular weight excluding hydrogens is 512 g/mol. The fraction of sp³-hybridized carbons (Fsp3) is 0.696. The molecule has 1 heterocycles. The number of halogens is 2. The summed E-state index contributed by atoms with van der Waals surface area (Å²) < 4.78 is 13.0. The molecular formula is C23H38BrClN2O4Si. The quantitative estimate of drug-likeness (QED) is 0.402. The molecule has 1 aromatic carbocycles. The van der Waals surface area contributed by atoms with Crippen molar-refractivity contribution in [1.29, 1.82) is 0 Å². The molecule has 32 heavy (non-hydrogen) atoms. The van der Waals surface area contributed by atoms with E-state index in [2.05, 4.69) is 55.1 Å². The van der Waals surface area contributed by atoms with Crippen molar-refractivity contribution in [2.24, 2.45) is 0 Å². The van der Waals surface area contributed by atoms with Gasteiger partial charge in [-0.15, -0.1) is 0 Å². The number of aliphatic hydroxyl groups excluding tert-OH is 1. The molecule has 6 nitrogen and oxygen atoms in total. The minimum Gasteiger partial charge on any atom is -0.542 e. The van der Waals surface area contributed by atoms with Crippen molar-refractivity contribution < 1.29 is 19.1 Å². The number of amides is 1. The van der Waals surface area contributed by atoms with Crippen LogP contribution in [0.2, 0.25) is 23.2 Å². The number of rotatable bonds is 5. The number of aliphatic hydroxyl groups is 1. The number of nitrogens with one attached hydrogen (secondary N) is 1. The molecule has 1 saturated heterocycles. The molecule has 0 aliphatic carbocycles. The zero-order chi connectivity index (χ0) is 24.7. The molecule has 1 aromatic rings. The minimum atomic E-state index is -2.12. The molecule has 0 unspecified atom stereocenters. The van der Waals surface area contributed by atoms with Crippen LogP contribution in [0.15, 0.2) is 16.6 Å². The van der Waals surface area contributed by atoms with Gasteiger partial charge >= 0.3 is 6.09 Å². The van der Waals surface area contributed by atoms with E-state index in [4.69, 9.17) is 20.8 Å². The average Bonchev–Trinajstić information content (AvgIpc) is 2.92. The van der Waals surface area contributed by atoms with E-state index in [9.17, 15) is 9.90 Å². The van der Waals surface area contributed by atoms with Crippen LogP contribution in [0.25, 0.3) is 0 Å². The fourth-order valence-corrected chi connectivity index (χ4v) is 5.32. The summed E-state index contributed by atoms with van der Waals surface area (Å²) in [4.78, 5) is 14.4. The molecule has 0 spiro atoms. The number of benzene rings is 1.